The smallest absolute Gasteiger partial charge is 0.191 e. The molecule has 0 aromatic heterocycles. The summed E-state index contributed by atoms with van der Waals surface area (Å²) in [5.74, 6) is 2.07. The first-order valence-electron chi connectivity index (χ1n) is 7.55. The normalized spacial score (nSPS) is 10.8. The third-order valence-electron chi connectivity index (χ3n) is 3.47. The zero-order valence-corrected chi connectivity index (χ0v) is 15.4. The van der Waals surface area contributed by atoms with Gasteiger partial charge in [0.15, 0.2) is 16.6 Å². The van der Waals surface area contributed by atoms with Crippen molar-refractivity contribution in [1.82, 2.24) is 5.43 Å². The third kappa shape index (κ3) is 5.09. The number of hydrazone groups is 1. The Morgan fingerprint density at radius 2 is 1.60 bits per heavy atom. The fourth-order valence-electron chi connectivity index (χ4n) is 2.10. The Balaban J connectivity index is 1.99. The Hall–Kier alpha value is -2.80. The van der Waals surface area contributed by atoms with Crippen LogP contribution in [-0.4, -0.2) is 32.2 Å². The van der Waals surface area contributed by atoms with Crippen LogP contribution in [0.4, 0.5) is 5.69 Å². The van der Waals surface area contributed by atoms with Crippen molar-refractivity contribution >= 4 is 28.7 Å². The lowest BCUT2D eigenvalue weighted by Crippen LogP contribution is -2.25. The minimum atomic E-state index is 0.375. The Kier molecular flexibility index (Phi) is 6.59. The molecule has 6 nitrogen and oxygen atoms in total. The van der Waals surface area contributed by atoms with Crippen LogP contribution in [0.1, 0.15) is 12.5 Å². The lowest BCUT2D eigenvalue weighted by Gasteiger charge is -2.12. The lowest BCUT2D eigenvalue weighted by molar-refractivity contribution is 0.355. The van der Waals surface area contributed by atoms with Gasteiger partial charge in [-0.15, -0.1) is 0 Å². The molecule has 2 N–H and O–H groups in total. The maximum Gasteiger partial charge on any atom is 0.191 e. The van der Waals surface area contributed by atoms with Crippen LogP contribution >= 0.6 is 12.2 Å². The van der Waals surface area contributed by atoms with Gasteiger partial charge in [0.2, 0.25) is 0 Å². The van der Waals surface area contributed by atoms with Crippen LogP contribution in [0.15, 0.2) is 47.6 Å². The quantitative estimate of drug-likeness (QED) is 0.468. The molecule has 0 spiro atoms. The molecule has 0 amide bonds. The molecule has 0 radical (unpaired) electrons. The first kappa shape index (κ1) is 18.5. The van der Waals surface area contributed by atoms with Crippen molar-refractivity contribution in [3.05, 3.63) is 48.0 Å². The number of hydrogen-bond acceptors (Lipinski definition) is 5. The number of rotatable bonds is 6. The van der Waals surface area contributed by atoms with Gasteiger partial charge in [0.1, 0.15) is 5.75 Å². The molecule has 7 heteroatoms. The molecule has 25 heavy (non-hydrogen) atoms. The highest BCUT2D eigenvalue weighted by molar-refractivity contribution is 7.80. The number of hydrogen-bond donors (Lipinski definition) is 2. The van der Waals surface area contributed by atoms with Crippen LogP contribution in [-0.2, 0) is 0 Å². The van der Waals surface area contributed by atoms with Gasteiger partial charge in [0, 0.05) is 11.8 Å². The molecule has 2 aromatic rings. The second-order valence-electron chi connectivity index (χ2n) is 5.06. The van der Waals surface area contributed by atoms with Crippen molar-refractivity contribution in [1.29, 1.82) is 0 Å². The van der Waals surface area contributed by atoms with E-state index in [1.165, 1.54) is 0 Å². The first-order valence-corrected chi connectivity index (χ1v) is 7.96. The minimum absolute atomic E-state index is 0.375. The Labute approximate surface area is 152 Å². The first-order chi connectivity index (χ1) is 12.1. The van der Waals surface area contributed by atoms with E-state index in [1.807, 2.05) is 37.3 Å². The topological polar surface area (TPSA) is 64.1 Å². The molecule has 0 saturated heterocycles. The van der Waals surface area contributed by atoms with E-state index in [0.717, 1.165) is 22.7 Å². The van der Waals surface area contributed by atoms with Gasteiger partial charge < -0.3 is 19.5 Å². The number of ether oxygens (including phenoxy) is 3. The predicted molar refractivity (Wildman–Crippen MR) is 104 cm³/mol. The van der Waals surface area contributed by atoms with Gasteiger partial charge in [-0.25, -0.2) is 0 Å². The highest BCUT2D eigenvalue weighted by atomic mass is 32.1. The summed E-state index contributed by atoms with van der Waals surface area (Å²) in [6.07, 6.45) is 0. The fraction of sp³-hybridized carbons (Fsp3) is 0.222. The number of anilines is 1. The molecular formula is C18H21N3O3S. The van der Waals surface area contributed by atoms with E-state index in [1.54, 1.807) is 33.5 Å². The monoisotopic (exact) mass is 359 g/mol. The molecule has 0 bridgehead atoms. The van der Waals surface area contributed by atoms with E-state index in [2.05, 4.69) is 15.8 Å². The van der Waals surface area contributed by atoms with Crippen LogP contribution in [0.3, 0.4) is 0 Å². The summed E-state index contributed by atoms with van der Waals surface area (Å²) < 4.78 is 15.6. The maximum absolute atomic E-state index is 5.27. The molecule has 0 aliphatic carbocycles. The maximum atomic E-state index is 5.27. The molecule has 0 aliphatic heterocycles. The summed E-state index contributed by atoms with van der Waals surface area (Å²) in [7, 11) is 4.81. The van der Waals surface area contributed by atoms with Gasteiger partial charge in [-0.1, -0.05) is 0 Å². The van der Waals surface area contributed by atoms with Crippen molar-refractivity contribution in [2.24, 2.45) is 5.10 Å². The van der Waals surface area contributed by atoms with Gasteiger partial charge in [-0.05, 0) is 61.1 Å². The zero-order valence-electron chi connectivity index (χ0n) is 14.6. The van der Waals surface area contributed by atoms with Crippen molar-refractivity contribution in [3.8, 4) is 17.2 Å². The van der Waals surface area contributed by atoms with Crippen LogP contribution in [0.2, 0.25) is 0 Å². The summed E-state index contributed by atoms with van der Waals surface area (Å²) in [5, 5.41) is 7.71. The molecule has 2 rings (SSSR count). The van der Waals surface area contributed by atoms with Crippen molar-refractivity contribution in [2.45, 2.75) is 6.92 Å². The van der Waals surface area contributed by atoms with E-state index < -0.39 is 0 Å². The summed E-state index contributed by atoms with van der Waals surface area (Å²) in [4.78, 5) is 0. The number of thiocarbonyl (C=S) groups is 1. The number of nitrogens with zero attached hydrogens (tertiary/aromatic N) is 1. The van der Waals surface area contributed by atoms with E-state index in [9.17, 15) is 0 Å². The Bertz CT molecular complexity index is 761. The highest BCUT2D eigenvalue weighted by Gasteiger charge is 2.05. The molecule has 0 aliphatic rings. The molecule has 0 saturated carbocycles. The molecule has 2 aromatic carbocycles. The Morgan fingerprint density at radius 1 is 0.920 bits per heavy atom. The molecule has 132 valence electrons. The summed E-state index contributed by atoms with van der Waals surface area (Å²) in [6, 6.07) is 13.1. The largest absolute Gasteiger partial charge is 0.497 e. The van der Waals surface area contributed by atoms with Gasteiger partial charge in [0.25, 0.3) is 0 Å². The second kappa shape index (κ2) is 8.89. The van der Waals surface area contributed by atoms with E-state index in [4.69, 9.17) is 26.4 Å². The summed E-state index contributed by atoms with van der Waals surface area (Å²) in [6.45, 7) is 1.90. The van der Waals surface area contributed by atoms with Crippen LogP contribution in [0, 0.1) is 0 Å². The number of methoxy groups -OCH3 is 3. The van der Waals surface area contributed by atoms with Gasteiger partial charge in [0.05, 0.1) is 27.0 Å². The summed E-state index contributed by atoms with van der Waals surface area (Å²) >= 11 is 5.26. The average molecular weight is 359 g/mol. The van der Waals surface area contributed by atoms with Crippen LogP contribution in [0.5, 0.6) is 17.2 Å². The standard InChI is InChI=1S/C18H21N3O3S/c1-12(13-5-8-15(22-2)9-6-13)20-21-18(25)19-14-7-10-16(23-3)17(11-14)24-4/h5-11H,1-4H3,(H2,19,21,25). The lowest BCUT2D eigenvalue weighted by atomic mass is 10.1. The zero-order chi connectivity index (χ0) is 18.2. The molecule has 0 fully saturated rings. The van der Waals surface area contributed by atoms with E-state index in [0.29, 0.717) is 16.6 Å². The average Bonchev–Trinajstić information content (AvgIpc) is 2.66. The van der Waals surface area contributed by atoms with Gasteiger partial charge in [-0.2, -0.15) is 5.10 Å². The second-order valence-corrected chi connectivity index (χ2v) is 5.47. The van der Waals surface area contributed by atoms with Crippen molar-refractivity contribution < 1.29 is 14.2 Å². The SMILES string of the molecule is COc1ccc(C(C)=NNC(=S)Nc2ccc(OC)c(OC)c2)cc1. The predicted octanol–water partition coefficient (Wildman–Crippen LogP) is 3.42. The van der Waals surface area contributed by atoms with E-state index >= 15 is 0 Å². The fourth-order valence-corrected chi connectivity index (χ4v) is 2.27. The number of nitrogens with one attached hydrogen (secondary N) is 2. The minimum Gasteiger partial charge on any atom is -0.497 e. The summed E-state index contributed by atoms with van der Waals surface area (Å²) in [5.41, 5.74) is 5.38. The molecule has 0 unspecified atom stereocenters. The van der Waals surface area contributed by atoms with Crippen molar-refractivity contribution in [3.63, 3.8) is 0 Å². The van der Waals surface area contributed by atoms with Crippen molar-refractivity contribution in [2.75, 3.05) is 26.6 Å². The molecular weight excluding hydrogens is 338 g/mol. The van der Waals surface area contributed by atoms with E-state index in [-0.39, 0.29) is 0 Å². The van der Waals surface area contributed by atoms with Gasteiger partial charge >= 0.3 is 0 Å². The molecule has 0 heterocycles. The van der Waals surface area contributed by atoms with Crippen LogP contribution in [0.25, 0.3) is 0 Å². The molecule has 0 atom stereocenters. The Morgan fingerprint density at radius 3 is 2.20 bits per heavy atom. The van der Waals surface area contributed by atoms with Gasteiger partial charge in [-0.3, -0.25) is 5.43 Å². The third-order valence-corrected chi connectivity index (χ3v) is 3.67. The number of benzene rings is 2. The highest BCUT2D eigenvalue weighted by Crippen LogP contribution is 2.29. The van der Waals surface area contributed by atoms with Crippen LogP contribution < -0.4 is 25.0 Å².